The molecule has 0 spiro atoms. The van der Waals surface area contributed by atoms with Gasteiger partial charge in [-0.25, -0.2) is 0 Å². The molecule has 0 fully saturated rings. The molecule has 42 heavy (non-hydrogen) atoms. The first-order valence-electron chi connectivity index (χ1n) is 16.5. The van der Waals surface area contributed by atoms with Crippen LogP contribution in [0.25, 0.3) is 0 Å². The second-order valence-corrected chi connectivity index (χ2v) is 23.6. The summed E-state index contributed by atoms with van der Waals surface area (Å²) in [5, 5.41) is 2.98. The molecule has 0 bridgehead atoms. The SMILES string of the molecule is CCCCCC(O[Si](c1ccccc1)(c1ccccc1)C(C)(C)C)/C(C)=C/C/C=C/CCCCO[Si](C)(C)C(C)(C)C. The summed E-state index contributed by atoms with van der Waals surface area (Å²) in [6.07, 6.45) is 16.3. The first kappa shape index (κ1) is 36.5. The maximum absolute atomic E-state index is 7.59. The Morgan fingerprint density at radius 3 is 1.83 bits per heavy atom. The zero-order chi connectivity index (χ0) is 31.3. The zero-order valence-electron chi connectivity index (χ0n) is 28.8. The Hall–Kier alpha value is -1.73. The van der Waals surface area contributed by atoms with Crippen LogP contribution in [0.3, 0.4) is 0 Å². The summed E-state index contributed by atoms with van der Waals surface area (Å²) in [7, 11) is -4.23. The average Bonchev–Trinajstić information content (AvgIpc) is 2.93. The van der Waals surface area contributed by atoms with E-state index in [0.717, 1.165) is 32.3 Å². The number of unbranched alkanes of at least 4 members (excludes halogenated alkanes) is 4. The molecule has 0 amide bonds. The first-order valence-corrected chi connectivity index (χ1v) is 21.3. The van der Waals surface area contributed by atoms with E-state index in [0.29, 0.717) is 0 Å². The van der Waals surface area contributed by atoms with Gasteiger partial charge in [-0.3, -0.25) is 0 Å². The van der Waals surface area contributed by atoms with Crippen molar-refractivity contribution >= 4 is 27.0 Å². The van der Waals surface area contributed by atoms with Crippen molar-refractivity contribution in [2.75, 3.05) is 6.61 Å². The standard InChI is InChI=1S/C38H62O2Si2/c1-11-12-19-31-36(33(2)26-20-15-13-14-16-25-32-39-41(9,10)37(3,4)5)40-42(38(6,7)8,34-27-21-17-22-28-34)35-29-23-18-24-30-35/h13,15,17-18,21-24,26-30,36H,11-12,14,16,19-20,25,31-32H2,1-10H3/b15-13+,33-26+. The molecule has 0 radical (unpaired) electrons. The molecule has 2 aromatic carbocycles. The summed E-state index contributed by atoms with van der Waals surface area (Å²) >= 11 is 0. The molecule has 0 N–H and O–H groups in total. The normalized spacial score (nSPS) is 14.5. The van der Waals surface area contributed by atoms with E-state index in [-0.39, 0.29) is 16.2 Å². The fourth-order valence-corrected chi connectivity index (χ4v) is 11.2. The lowest BCUT2D eigenvalue weighted by atomic mass is 10.0. The molecule has 2 nitrogen and oxygen atoms in total. The van der Waals surface area contributed by atoms with Gasteiger partial charge in [0, 0.05) is 6.61 Å². The molecule has 234 valence electrons. The van der Waals surface area contributed by atoms with Gasteiger partial charge in [-0.1, -0.05) is 147 Å². The molecule has 0 aliphatic rings. The Labute approximate surface area is 262 Å². The van der Waals surface area contributed by atoms with Crippen molar-refractivity contribution in [1.29, 1.82) is 0 Å². The van der Waals surface area contributed by atoms with E-state index in [2.05, 4.69) is 147 Å². The molecule has 0 aromatic heterocycles. The van der Waals surface area contributed by atoms with Gasteiger partial charge in [0.15, 0.2) is 8.32 Å². The third kappa shape index (κ3) is 10.5. The van der Waals surface area contributed by atoms with E-state index in [1.54, 1.807) is 0 Å². The van der Waals surface area contributed by atoms with E-state index in [1.165, 1.54) is 41.6 Å². The van der Waals surface area contributed by atoms with Crippen LogP contribution in [0, 0.1) is 0 Å². The van der Waals surface area contributed by atoms with E-state index >= 15 is 0 Å². The van der Waals surface area contributed by atoms with Gasteiger partial charge >= 0.3 is 0 Å². The van der Waals surface area contributed by atoms with Crippen LogP contribution in [0.5, 0.6) is 0 Å². The second-order valence-electron chi connectivity index (χ2n) is 14.5. The fraction of sp³-hybridized carbons (Fsp3) is 0.579. The van der Waals surface area contributed by atoms with Crippen LogP contribution in [0.15, 0.2) is 84.5 Å². The Morgan fingerprint density at radius 2 is 1.33 bits per heavy atom. The average molecular weight is 607 g/mol. The highest BCUT2D eigenvalue weighted by molar-refractivity contribution is 6.99. The highest BCUT2D eigenvalue weighted by Crippen LogP contribution is 2.39. The summed E-state index contributed by atoms with van der Waals surface area (Å²) in [5.74, 6) is 0. The fourth-order valence-electron chi connectivity index (χ4n) is 5.37. The molecule has 2 aromatic rings. The molecule has 0 saturated carbocycles. The lowest BCUT2D eigenvalue weighted by Crippen LogP contribution is -2.67. The molecular weight excluding hydrogens is 545 g/mol. The monoisotopic (exact) mass is 606 g/mol. The van der Waals surface area contributed by atoms with Crippen molar-refractivity contribution < 1.29 is 8.85 Å². The van der Waals surface area contributed by atoms with Crippen molar-refractivity contribution in [2.45, 2.75) is 136 Å². The van der Waals surface area contributed by atoms with E-state index in [4.69, 9.17) is 8.85 Å². The second kappa shape index (κ2) is 16.9. The van der Waals surface area contributed by atoms with Gasteiger partial charge in [0.25, 0.3) is 8.32 Å². The molecule has 4 heteroatoms. The van der Waals surface area contributed by atoms with Gasteiger partial charge in [0.05, 0.1) is 6.10 Å². The highest BCUT2D eigenvalue weighted by Gasteiger charge is 2.51. The molecule has 1 unspecified atom stereocenters. The van der Waals surface area contributed by atoms with Gasteiger partial charge in [-0.2, -0.15) is 0 Å². The van der Waals surface area contributed by atoms with Crippen LogP contribution in [0.4, 0.5) is 0 Å². The lowest BCUT2D eigenvalue weighted by Gasteiger charge is -2.45. The van der Waals surface area contributed by atoms with Gasteiger partial charge in [-0.05, 0) is 78.1 Å². The van der Waals surface area contributed by atoms with Crippen molar-refractivity contribution in [3.63, 3.8) is 0 Å². The van der Waals surface area contributed by atoms with E-state index < -0.39 is 16.6 Å². The minimum absolute atomic E-state index is 0.0206. The third-order valence-electron chi connectivity index (χ3n) is 9.09. The van der Waals surface area contributed by atoms with Crippen molar-refractivity contribution in [2.24, 2.45) is 0 Å². The Balaban J connectivity index is 2.17. The Bertz CT molecular complexity index is 1040. The predicted octanol–water partition coefficient (Wildman–Crippen LogP) is 10.6. The minimum atomic E-state index is -2.60. The lowest BCUT2D eigenvalue weighted by molar-refractivity contribution is 0.207. The summed E-state index contributed by atoms with van der Waals surface area (Å²) in [6.45, 7) is 24.2. The van der Waals surface area contributed by atoms with Crippen LogP contribution in [-0.4, -0.2) is 29.3 Å². The quantitative estimate of drug-likeness (QED) is 0.101. The number of benzene rings is 2. The molecule has 2 rings (SSSR count). The van der Waals surface area contributed by atoms with Crippen molar-refractivity contribution in [3.05, 3.63) is 84.5 Å². The summed E-state index contributed by atoms with van der Waals surface area (Å²) in [5.41, 5.74) is 1.37. The van der Waals surface area contributed by atoms with Crippen molar-refractivity contribution in [3.8, 4) is 0 Å². The maximum atomic E-state index is 7.59. The zero-order valence-corrected chi connectivity index (χ0v) is 30.8. The molecule has 0 heterocycles. The highest BCUT2D eigenvalue weighted by atomic mass is 28.4. The van der Waals surface area contributed by atoms with Crippen molar-refractivity contribution in [1.82, 2.24) is 0 Å². The summed E-state index contributed by atoms with van der Waals surface area (Å²) < 4.78 is 13.9. The number of hydrogen-bond acceptors (Lipinski definition) is 2. The molecular formula is C38H62O2Si2. The predicted molar refractivity (Wildman–Crippen MR) is 191 cm³/mol. The van der Waals surface area contributed by atoms with Crippen LogP contribution < -0.4 is 10.4 Å². The molecule has 0 saturated heterocycles. The smallest absolute Gasteiger partial charge is 0.261 e. The van der Waals surface area contributed by atoms with Crippen LogP contribution in [0.2, 0.25) is 23.2 Å². The van der Waals surface area contributed by atoms with Crippen LogP contribution in [-0.2, 0) is 8.85 Å². The number of hydrogen-bond donors (Lipinski definition) is 0. The van der Waals surface area contributed by atoms with Crippen LogP contribution in [0.1, 0.15) is 107 Å². The summed E-state index contributed by atoms with van der Waals surface area (Å²) in [4.78, 5) is 0. The minimum Gasteiger partial charge on any atom is -0.417 e. The summed E-state index contributed by atoms with van der Waals surface area (Å²) in [6, 6.07) is 22.1. The number of rotatable bonds is 17. The first-order chi connectivity index (χ1) is 19.8. The molecule has 1 atom stereocenters. The van der Waals surface area contributed by atoms with Crippen LogP contribution >= 0.6 is 0 Å². The maximum Gasteiger partial charge on any atom is 0.261 e. The van der Waals surface area contributed by atoms with Gasteiger partial charge < -0.3 is 8.85 Å². The largest absolute Gasteiger partial charge is 0.417 e. The Kier molecular flexibility index (Phi) is 14.7. The van der Waals surface area contributed by atoms with E-state index in [9.17, 15) is 0 Å². The third-order valence-corrected chi connectivity index (χ3v) is 18.7. The van der Waals surface area contributed by atoms with Gasteiger partial charge in [0.2, 0.25) is 0 Å². The Morgan fingerprint density at radius 1 is 0.762 bits per heavy atom. The molecule has 0 aliphatic heterocycles. The molecule has 0 aliphatic carbocycles. The van der Waals surface area contributed by atoms with E-state index in [1.807, 2.05) is 0 Å². The van der Waals surface area contributed by atoms with Gasteiger partial charge in [0.1, 0.15) is 0 Å². The topological polar surface area (TPSA) is 18.5 Å². The number of allylic oxidation sites excluding steroid dienone is 3. The van der Waals surface area contributed by atoms with Gasteiger partial charge in [-0.15, -0.1) is 0 Å².